The lowest BCUT2D eigenvalue weighted by molar-refractivity contribution is 0.156. The van der Waals surface area contributed by atoms with Gasteiger partial charge in [0, 0.05) is 11.8 Å². The van der Waals surface area contributed by atoms with Crippen LogP contribution in [0.2, 0.25) is 0 Å². The van der Waals surface area contributed by atoms with Gasteiger partial charge in [-0.05, 0) is 35.1 Å². The molecule has 0 radical (unpaired) electrons. The highest BCUT2D eigenvalue weighted by molar-refractivity contribution is 5.90. The van der Waals surface area contributed by atoms with Crippen molar-refractivity contribution in [3.63, 3.8) is 0 Å². The van der Waals surface area contributed by atoms with Gasteiger partial charge in [-0.2, -0.15) is 0 Å². The van der Waals surface area contributed by atoms with Crippen molar-refractivity contribution in [2.24, 2.45) is 21.8 Å². The fourth-order valence-corrected chi connectivity index (χ4v) is 6.53. The van der Waals surface area contributed by atoms with Gasteiger partial charge in [0.25, 0.3) is 0 Å². The average molecular weight is 527 g/mol. The van der Waals surface area contributed by atoms with Crippen molar-refractivity contribution in [1.82, 2.24) is 0 Å². The molecule has 0 spiro atoms. The smallest absolute Gasteiger partial charge is 0.188 e. The van der Waals surface area contributed by atoms with Crippen LogP contribution in [0, 0.1) is 11.8 Å². The molecule has 0 aromatic heterocycles. The standard InChI is InChI=1S/C36H34N2O2/c1-5-15-25(16-6-1)31-33(27-19-9-3-10-20-27)39-35(37-31)29-23-13-14-24-30(29)36-38-32(26-17-7-2-8-18-26)34(40-36)28-21-11-4-12-22-28/h1-12,15-22,29-34H,13-14,23-24H2/t29-,30+,31-,32-,33+,34+/m0/s1. The third kappa shape index (κ3) is 4.83. The molecule has 2 heterocycles. The summed E-state index contributed by atoms with van der Waals surface area (Å²) in [7, 11) is 0. The fourth-order valence-electron chi connectivity index (χ4n) is 6.53. The van der Waals surface area contributed by atoms with E-state index in [1.54, 1.807) is 0 Å². The van der Waals surface area contributed by atoms with Crippen LogP contribution >= 0.6 is 0 Å². The zero-order chi connectivity index (χ0) is 26.7. The summed E-state index contributed by atoms with van der Waals surface area (Å²) in [5.41, 5.74) is 4.68. The summed E-state index contributed by atoms with van der Waals surface area (Å²) in [4.78, 5) is 10.6. The highest BCUT2D eigenvalue weighted by atomic mass is 16.5. The van der Waals surface area contributed by atoms with E-state index in [9.17, 15) is 0 Å². The van der Waals surface area contributed by atoms with Gasteiger partial charge in [-0.1, -0.05) is 134 Å². The SMILES string of the molecule is c1ccc([C@H]2OC([C@H]3CCCC[C@H]3C3=N[C@@H](c4ccccc4)[C@@H](c4ccccc4)O3)=N[C@H]2c2ccccc2)cc1. The number of hydrogen-bond acceptors (Lipinski definition) is 4. The minimum atomic E-state index is -0.137. The largest absolute Gasteiger partial charge is 0.470 e. The van der Waals surface area contributed by atoms with Gasteiger partial charge in [0.1, 0.15) is 12.1 Å². The Morgan fingerprint density at radius 2 is 0.750 bits per heavy atom. The second-order valence-corrected chi connectivity index (χ2v) is 11.0. The van der Waals surface area contributed by atoms with Crippen molar-refractivity contribution in [3.05, 3.63) is 144 Å². The van der Waals surface area contributed by atoms with Gasteiger partial charge in [0.15, 0.2) is 24.0 Å². The Hall–Kier alpha value is -4.18. The lowest BCUT2D eigenvalue weighted by Crippen LogP contribution is -2.33. The number of hydrogen-bond donors (Lipinski definition) is 0. The van der Waals surface area contributed by atoms with Gasteiger partial charge in [0.05, 0.1) is 0 Å². The summed E-state index contributed by atoms with van der Waals surface area (Å²) in [5, 5.41) is 0. The summed E-state index contributed by atoms with van der Waals surface area (Å²) in [5.74, 6) is 2.02. The van der Waals surface area contributed by atoms with E-state index in [0.29, 0.717) is 0 Å². The molecule has 40 heavy (non-hydrogen) atoms. The van der Waals surface area contributed by atoms with Gasteiger partial charge in [-0.3, -0.25) is 0 Å². The molecule has 4 aromatic rings. The highest BCUT2D eigenvalue weighted by Gasteiger charge is 2.45. The van der Waals surface area contributed by atoms with Crippen molar-refractivity contribution in [3.8, 4) is 0 Å². The molecule has 200 valence electrons. The molecule has 0 amide bonds. The van der Waals surface area contributed by atoms with Crippen LogP contribution in [0.1, 0.15) is 72.2 Å². The zero-order valence-electron chi connectivity index (χ0n) is 22.6. The van der Waals surface area contributed by atoms with E-state index in [1.165, 1.54) is 11.1 Å². The van der Waals surface area contributed by atoms with E-state index >= 15 is 0 Å². The summed E-state index contributed by atoms with van der Waals surface area (Å²) in [6, 6.07) is 42.0. The summed E-state index contributed by atoms with van der Waals surface area (Å²) in [6.45, 7) is 0. The fraction of sp³-hybridized carbons (Fsp3) is 0.278. The van der Waals surface area contributed by atoms with E-state index in [1.807, 2.05) is 0 Å². The Bertz CT molecular complexity index is 1360. The van der Waals surface area contributed by atoms with Gasteiger partial charge in [0.2, 0.25) is 0 Å². The van der Waals surface area contributed by atoms with Crippen LogP contribution in [0.5, 0.6) is 0 Å². The number of rotatable bonds is 6. The second kappa shape index (κ2) is 11.1. The quantitative estimate of drug-likeness (QED) is 0.252. The van der Waals surface area contributed by atoms with Gasteiger partial charge in [-0.25, -0.2) is 9.98 Å². The topological polar surface area (TPSA) is 43.2 Å². The Labute approximate surface area is 236 Å². The number of benzene rings is 4. The third-order valence-corrected chi connectivity index (χ3v) is 8.54. The molecule has 7 rings (SSSR count). The Kier molecular flexibility index (Phi) is 6.91. The maximum atomic E-state index is 6.81. The first-order valence-electron chi connectivity index (χ1n) is 14.5. The van der Waals surface area contributed by atoms with Crippen LogP contribution in [0.3, 0.4) is 0 Å². The van der Waals surface area contributed by atoms with E-state index in [4.69, 9.17) is 19.5 Å². The molecule has 4 nitrogen and oxygen atoms in total. The molecule has 0 bridgehead atoms. The predicted molar refractivity (Wildman–Crippen MR) is 159 cm³/mol. The molecule has 1 fully saturated rings. The van der Waals surface area contributed by atoms with Crippen LogP contribution in [-0.2, 0) is 9.47 Å². The first-order chi connectivity index (χ1) is 19.8. The number of ether oxygens (including phenoxy) is 2. The minimum Gasteiger partial charge on any atom is -0.470 e. The van der Waals surface area contributed by atoms with E-state index in [-0.39, 0.29) is 36.1 Å². The average Bonchev–Trinajstić information content (AvgIpc) is 3.69. The first-order valence-corrected chi connectivity index (χ1v) is 14.5. The van der Waals surface area contributed by atoms with E-state index in [0.717, 1.165) is 48.6 Å². The molecule has 6 atom stereocenters. The Morgan fingerprint density at radius 1 is 0.425 bits per heavy atom. The summed E-state index contributed by atoms with van der Waals surface area (Å²) in [6.07, 6.45) is 4.10. The molecule has 4 heteroatoms. The van der Waals surface area contributed by atoms with Crippen LogP contribution in [0.15, 0.2) is 131 Å². The predicted octanol–water partition coefficient (Wildman–Crippen LogP) is 8.62. The molecule has 3 aliphatic rings. The molecule has 0 unspecified atom stereocenters. The first kappa shape index (κ1) is 24.8. The van der Waals surface area contributed by atoms with Crippen molar-refractivity contribution in [2.75, 3.05) is 0 Å². The maximum Gasteiger partial charge on any atom is 0.188 e. The molecule has 0 N–H and O–H groups in total. The number of aliphatic imine (C=N–C) groups is 2. The molecule has 1 aliphatic carbocycles. The van der Waals surface area contributed by atoms with Crippen molar-refractivity contribution >= 4 is 11.8 Å². The Morgan fingerprint density at radius 3 is 1.10 bits per heavy atom. The van der Waals surface area contributed by atoms with Crippen molar-refractivity contribution < 1.29 is 9.47 Å². The number of nitrogens with zero attached hydrogens (tertiary/aromatic N) is 2. The van der Waals surface area contributed by atoms with Gasteiger partial charge in [-0.15, -0.1) is 0 Å². The highest BCUT2D eigenvalue weighted by Crippen LogP contribution is 2.47. The molecule has 4 aromatic carbocycles. The molecular weight excluding hydrogens is 492 g/mol. The zero-order valence-corrected chi connectivity index (χ0v) is 22.6. The van der Waals surface area contributed by atoms with Crippen molar-refractivity contribution in [2.45, 2.75) is 50.0 Å². The van der Waals surface area contributed by atoms with Crippen LogP contribution in [0.4, 0.5) is 0 Å². The lowest BCUT2D eigenvalue weighted by atomic mass is 9.78. The molecule has 0 saturated heterocycles. The molecular formula is C36H34N2O2. The van der Waals surface area contributed by atoms with Crippen LogP contribution in [0.25, 0.3) is 0 Å². The van der Waals surface area contributed by atoms with Gasteiger partial charge >= 0.3 is 0 Å². The summed E-state index contributed by atoms with van der Waals surface area (Å²) >= 11 is 0. The van der Waals surface area contributed by atoms with Crippen LogP contribution < -0.4 is 0 Å². The van der Waals surface area contributed by atoms with Gasteiger partial charge < -0.3 is 9.47 Å². The van der Waals surface area contributed by atoms with Crippen LogP contribution in [-0.4, -0.2) is 11.8 Å². The third-order valence-electron chi connectivity index (χ3n) is 8.54. The van der Waals surface area contributed by atoms with E-state index < -0.39 is 0 Å². The van der Waals surface area contributed by atoms with E-state index in [2.05, 4.69) is 121 Å². The monoisotopic (exact) mass is 526 g/mol. The Balaban J connectivity index is 1.23. The maximum absolute atomic E-state index is 6.81. The lowest BCUT2D eigenvalue weighted by Gasteiger charge is -2.31. The van der Waals surface area contributed by atoms with Crippen molar-refractivity contribution in [1.29, 1.82) is 0 Å². The minimum absolute atomic E-state index is 0.0678. The molecule has 1 saturated carbocycles. The normalized spacial score (nSPS) is 27.8. The summed E-state index contributed by atoms with van der Waals surface area (Å²) < 4.78 is 13.6. The second-order valence-electron chi connectivity index (χ2n) is 11.0. The molecule has 2 aliphatic heterocycles.